The number of nitrogens with one attached hydrogen (secondary N) is 1. The highest BCUT2D eigenvalue weighted by Crippen LogP contribution is 2.08. The van der Waals surface area contributed by atoms with Crippen molar-refractivity contribution >= 4 is 11.9 Å². The van der Waals surface area contributed by atoms with Crippen molar-refractivity contribution in [1.29, 1.82) is 0 Å². The monoisotopic (exact) mass is 198 g/mol. The molecule has 2 N–H and O–H groups in total. The molecule has 5 nitrogen and oxygen atoms in total. The van der Waals surface area contributed by atoms with Gasteiger partial charge in [0.15, 0.2) is 0 Å². The standard InChI is InChI=1S/C9H14N2O3/c1-6(9(13)14)5-10-7-3-4-11(2)8(7)12/h7,10H,1,3-5H2,2H3,(H,13,14). The SMILES string of the molecule is C=C(CNC1CCN(C)C1=O)C(=O)O. The van der Waals surface area contributed by atoms with Crippen molar-refractivity contribution in [2.45, 2.75) is 12.5 Å². The Morgan fingerprint density at radius 3 is 2.86 bits per heavy atom. The van der Waals surface area contributed by atoms with Gasteiger partial charge in [0.1, 0.15) is 0 Å². The summed E-state index contributed by atoms with van der Waals surface area (Å²) in [6.45, 7) is 4.24. The molecular weight excluding hydrogens is 184 g/mol. The van der Waals surface area contributed by atoms with E-state index in [2.05, 4.69) is 11.9 Å². The highest BCUT2D eigenvalue weighted by atomic mass is 16.4. The van der Waals surface area contributed by atoms with Gasteiger partial charge in [-0.3, -0.25) is 4.79 Å². The Morgan fingerprint density at radius 1 is 1.79 bits per heavy atom. The maximum atomic E-state index is 11.4. The van der Waals surface area contributed by atoms with Crippen LogP contribution >= 0.6 is 0 Å². The molecule has 0 aromatic rings. The van der Waals surface area contributed by atoms with Crippen LogP contribution in [0.3, 0.4) is 0 Å². The minimum atomic E-state index is -1.03. The Kier molecular flexibility index (Phi) is 3.24. The molecule has 1 saturated heterocycles. The summed E-state index contributed by atoms with van der Waals surface area (Å²) in [4.78, 5) is 23.4. The number of nitrogens with zero attached hydrogens (tertiary/aromatic N) is 1. The van der Waals surface area contributed by atoms with Gasteiger partial charge in [0, 0.05) is 25.7 Å². The normalized spacial score (nSPS) is 21.4. The Labute approximate surface area is 82.4 Å². The molecule has 0 aliphatic carbocycles. The Balaban J connectivity index is 2.36. The molecule has 1 aliphatic rings. The molecule has 0 spiro atoms. The van der Waals surface area contributed by atoms with Gasteiger partial charge < -0.3 is 15.3 Å². The molecule has 1 unspecified atom stereocenters. The van der Waals surface area contributed by atoms with Crippen molar-refractivity contribution < 1.29 is 14.7 Å². The zero-order chi connectivity index (χ0) is 10.7. The van der Waals surface area contributed by atoms with Gasteiger partial charge in [-0.25, -0.2) is 4.79 Å². The quantitative estimate of drug-likeness (QED) is 0.594. The minimum absolute atomic E-state index is 0.0168. The maximum absolute atomic E-state index is 11.4. The van der Waals surface area contributed by atoms with Crippen LogP contribution in [0.5, 0.6) is 0 Å². The van der Waals surface area contributed by atoms with E-state index in [0.717, 1.165) is 13.0 Å². The third kappa shape index (κ3) is 2.32. The number of aliphatic carboxylic acids is 1. The summed E-state index contributed by atoms with van der Waals surface area (Å²) < 4.78 is 0. The van der Waals surface area contributed by atoms with E-state index in [0.29, 0.717) is 0 Å². The second-order valence-electron chi connectivity index (χ2n) is 3.39. The highest BCUT2D eigenvalue weighted by molar-refractivity contribution is 5.87. The third-order valence-electron chi connectivity index (χ3n) is 2.29. The van der Waals surface area contributed by atoms with Crippen LogP contribution in [0.4, 0.5) is 0 Å². The lowest BCUT2D eigenvalue weighted by Crippen LogP contribution is -2.38. The number of hydrogen-bond donors (Lipinski definition) is 2. The van der Waals surface area contributed by atoms with Gasteiger partial charge in [0.25, 0.3) is 0 Å². The lowest BCUT2D eigenvalue weighted by molar-refractivity contribution is -0.133. The molecule has 1 rings (SSSR count). The molecule has 1 amide bonds. The number of likely N-dealkylation sites (N-methyl/N-ethyl adjacent to an activating group) is 1. The fourth-order valence-electron chi connectivity index (χ4n) is 1.33. The lowest BCUT2D eigenvalue weighted by atomic mass is 10.2. The molecule has 1 heterocycles. The average molecular weight is 198 g/mol. The summed E-state index contributed by atoms with van der Waals surface area (Å²) in [7, 11) is 1.73. The second kappa shape index (κ2) is 4.23. The van der Waals surface area contributed by atoms with Crippen LogP contribution in [-0.4, -0.2) is 48.1 Å². The summed E-state index contributed by atoms with van der Waals surface area (Å²) in [6, 6.07) is -0.254. The van der Waals surface area contributed by atoms with Crippen LogP contribution in [0.1, 0.15) is 6.42 Å². The van der Waals surface area contributed by atoms with Gasteiger partial charge in [-0.1, -0.05) is 6.58 Å². The van der Waals surface area contributed by atoms with E-state index in [9.17, 15) is 9.59 Å². The smallest absolute Gasteiger partial charge is 0.332 e. The van der Waals surface area contributed by atoms with Gasteiger partial charge in [0.2, 0.25) is 5.91 Å². The van der Waals surface area contributed by atoms with Gasteiger partial charge in [-0.2, -0.15) is 0 Å². The molecule has 0 radical (unpaired) electrons. The number of carbonyl (C=O) groups excluding carboxylic acids is 1. The number of likely N-dealkylation sites (tertiary alicyclic amines) is 1. The molecule has 0 aromatic carbocycles. The number of carboxylic acids is 1. The molecular formula is C9H14N2O3. The summed E-state index contributed by atoms with van der Waals surface area (Å²) in [5.41, 5.74) is 0.0763. The molecule has 5 heteroatoms. The van der Waals surface area contributed by atoms with Crippen LogP contribution in [0, 0.1) is 0 Å². The van der Waals surface area contributed by atoms with E-state index in [-0.39, 0.29) is 24.1 Å². The molecule has 1 aliphatic heterocycles. The molecule has 14 heavy (non-hydrogen) atoms. The van der Waals surface area contributed by atoms with E-state index in [4.69, 9.17) is 5.11 Å². The number of carbonyl (C=O) groups is 2. The maximum Gasteiger partial charge on any atom is 0.332 e. The fraction of sp³-hybridized carbons (Fsp3) is 0.556. The largest absolute Gasteiger partial charge is 0.478 e. The first-order valence-corrected chi connectivity index (χ1v) is 4.42. The predicted molar refractivity (Wildman–Crippen MR) is 50.8 cm³/mol. The van der Waals surface area contributed by atoms with Gasteiger partial charge >= 0.3 is 5.97 Å². The first kappa shape index (κ1) is 10.7. The van der Waals surface area contributed by atoms with Crippen molar-refractivity contribution in [3.63, 3.8) is 0 Å². The molecule has 1 atom stereocenters. The summed E-state index contributed by atoms with van der Waals surface area (Å²) >= 11 is 0. The van der Waals surface area contributed by atoms with Crippen LogP contribution in [-0.2, 0) is 9.59 Å². The number of carboxylic acid groups (broad SMARTS) is 1. The number of amides is 1. The molecule has 0 aromatic heterocycles. The van der Waals surface area contributed by atoms with Crippen molar-refractivity contribution in [2.75, 3.05) is 20.1 Å². The van der Waals surface area contributed by atoms with Crippen LogP contribution in [0.2, 0.25) is 0 Å². The van der Waals surface area contributed by atoms with E-state index in [1.165, 1.54) is 0 Å². The Morgan fingerprint density at radius 2 is 2.43 bits per heavy atom. The van der Waals surface area contributed by atoms with E-state index < -0.39 is 5.97 Å². The summed E-state index contributed by atoms with van der Waals surface area (Å²) in [5, 5.41) is 11.4. The van der Waals surface area contributed by atoms with E-state index in [1.54, 1.807) is 11.9 Å². The van der Waals surface area contributed by atoms with Gasteiger partial charge in [-0.05, 0) is 6.42 Å². The topological polar surface area (TPSA) is 69.6 Å². The Bertz CT molecular complexity index is 275. The molecule has 0 saturated carbocycles. The van der Waals surface area contributed by atoms with E-state index >= 15 is 0 Å². The Hall–Kier alpha value is -1.36. The van der Waals surface area contributed by atoms with Gasteiger partial charge in [0.05, 0.1) is 6.04 Å². The fourth-order valence-corrected chi connectivity index (χ4v) is 1.33. The molecule has 0 bridgehead atoms. The number of rotatable bonds is 4. The lowest BCUT2D eigenvalue weighted by Gasteiger charge is -2.11. The van der Waals surface area contributed by atoms with Crippen molar-refractivity contribution in [3.8, 4) is 0 Å². The zero-order valence-corrected chi connectivity index (χ0v) is 8.12. The summed E-state index contributed by atoms with van der Waals surface area (Å²) in [6.07, 6.45) is 0.724. The predicted octanol–water partition coefficient (Wildman–Crippen LogP) is -0.552. The van der Waals surface area contributed by atoms with Crippen molar-refractivity contribution in [3.05, 3.63) is 12.2 Å². The van der Waals surface area contributed by atoms with Crippen LogP contribution in [0.25, 0.3) is 0 Å². The van der Waals surface area contributed by atoms with Crippen molar-refractivity contribution in [2.24, 2.45) is 0 Å². The molecule has 78 valence electrons. The first-order valence-electron chi connectivity index (χ1n) is 4.42. The summed E-state index contributed by atoms with van der Waals surface area (Å²) in [5.74, 6) is -1.01. The van der Waals surface area contributed by atoms with Crippen LogP contribution < -0.4 is 5.32 Å². The average Bonchev–Trinajstić information content (AvgIpc) is 2.44. The zero-order valence-electron chi connectivity index (χ0n) is 8.12. The minimum Gasteiger partial charge on any atom is -0.478 e. The van der Waals surface area contributed by atoms with Crippen LogP contribution in [0.15, 0.2) is 12.2 Å². The number of hydrogen-bond acceptors (Lipinski definition) is 3. The first-order chi connectivity index (χ1) is 6.52. The second-order valence-corrected chi connectivity index (χ2v) is 3.39. The third-order valence-corrected chi connectivity index (χ3v) is 2.29. The van der Waals surface area contributed by atoms with Crippen molar-refractivity contribution in [1.82, 2.24) is 10.2 Å². The molecule has 1 fully saturated rings. The van der Waals surface area contributed by atoms with E-state index in [1.807, 2.05) is 0 Å². The van der Waals surface area contributed by atoms with Gasteiger partial charge in [-0.15, -0.1) is 0 Å². The highest BCUT2D eigenvalue weighted by Gasteiger charge is 2.28.